The van der Waals surface area contributed by atoms with Gasteiger partial charge >= 0.3 is 5.97 Å². The molecule has 2 aromatic rings. The fourth-order valence-electron chi connectivity index (χ4n) is 2.97. The fourth-order valence-corrected chi connectivity index (χ4v) is 2.97. The van der Waals surface area contributed by atoms with Gasteiger partial charge in [-0.2, -0.15) is 0 Å². The van der Waals surface area contributed by atoms with Gasteiger partial charge in [0.05, 0.1) is 18.9 Å². The van der Waals surface area contributed by atoms with Crippen LogP contribution in [0.4, 0.5) is 0 Å². The molecule has 142 valence electrons. The molecule has 1 aliphatic rings. The average Bonchev–Trinajstić information content (AvgIpc) is 2.60. The molecule has 1 saturated heterocycles. The van der Waals surface area contributed by atoms with Gasteiger partial charge in [0, 0.05) is 17.0 Å². The molecule has 0 radical (unpaired) electrons. The van der Waals surface area contributed by atoms with Crippen LogP contribution in [0.1, 0.15) is 38.3 Å². The highest BCUT2D eigenvalue weighted by molar-refractivity contribution is 6.13. The lowest BCUT2D eigenvalue weighted by molar-refractivity contribution is -0.157. The Balaban J connectivity index is 1.97. The zero-order chi connectivity index (χ0) is 19.3. The van der Waals surface area contributed by atoms with Gasteiger partial charge in [0.25, 0.3) is 0 Å². The third-order valence-electron chi connectivity index (χ3n) is 4.32. The van der Waals surface area contributed by atoms with E-state index in [-0.39, 0.29) is 5.97 Å². The molecular weight excluding hydrogens is 338 g/mol. The van der Waals surface area contributed by atoms with Crippen molar-refractivity contribution in [3.63, 3.8) is 0 Å². The summed E-state index contributed by atoms with van der Waals surface area (Å²) in [5.41, 5.74) is 2.25. The summed E-state index contributed by atoms with van der Waals surface area (Å²) in [7, 11) is 0. The minimum absolute atomic E-state index is 0.279. The highest BCUT2D eigenvalue weighted by Gasteiger charge is 2.31. The van der Waals surface area contributed by atoms with Gasteiger partial charge in [0.1, 0.15) is 11.6 Å². The molecule has 0 aromatic heterocycles. The molecular formula is C23H27NO3. The maximum Gasteiger partial charge on any atom is 0.331 e. The Morgan fingerprint density at radius 3 is 1.96 bits per heavy atom. The van der Waals surface area contributed by atoms with Crippen LogP contribution in [0.3, 0.4) is 0 Å². The van der Waals surface area contributed by atoms with E-state index in [4.69, 9.17) is 14.5 Å². The van der Waals surface area contributed by atoms with E-state index in [1.165, 1.54) is 0 Å². The molecule has 1 unspecified atom stereocenters. The normalized spacial score (nSPS) is 15.5. The van der Waals surface area contributed by atoms with Crippen LogP contribution in [0.25, 0.3) is 0 Å². The molecule has 0 saturated carbocycles. The molecule has 0 amide bonds. The second-order valence-electron chi connectivity index (χ2n) is 7.90. The van der Waals surface area contributed by atoms with Crippen molar-refractivity contribution in [2.75, 3.05) is 13.2 Å². The summed E-state index contributed by atoms with van der Waals surface area (Å²) in [5, 5.41) is 0. The van der Waals surface area contributed by atoms with Gasteiger partial charge in [-0.25, -0.2) is 4.79 Å². The Morgan fingerprint density at radius 2 is 1.56 bits per heavy atom. The van der Waals surface area contributed by atoms with Gasteiger partial charge < -0.3 is 9.47 Å². The van der Waals surface area contributed by atoms with Crippen LogP contribution in [0, 0.1) is 5.92 Å². The quantitative estimate of drug-likeness (QED) is 0.567. The number of carbonyl (C=O) groups is 1. The van der Waals surface area contributed by atoms with Crippen LogP contribution < -0.4 is 0 Å². The molecule has 2 aromatic carbocycles. The monoisotopic (exact) mass is 365 g/mol. The number of rotatable bonds is 6. The number of ether oxygens (including phenoxy) is 2. The first-order chi connectivity index (χ1) is 12.9. The Bertz CT molecular complexity index is 733. The van der Waals surface area contributed by atoms with Crippen molar-refractivity contribution in [3.8, 4) is 0 Å². The van der Waals surface area contributed by atoms with Crippen molar-refractivity contribution in [1.29, 1.82) is 0 Å². The summed E-state index contributed by atoms with van der Waals surface area (Å²) in [6.07, 6.45) is 0.637. The number of benzene rings is 2. The molecule has 1 aliphatic heterocycles. The zero-order valence-electron chi connectivity index (χ0n) is 16.2. The lowest BCUT2D eigenvalue weighted by atomic mass is 9.97. The predicted molar refractivity (Wildman–Crippen MR) is 107 cm³/mol. The van der Waals surface area contributed by atoms with E-state index < -0.39 is 11.6 Å². The van der Waals surface area contributed by atoms with Crippen LogP contribution in [0.15, 0.2) is 65.7 Å². The number of esters is 1. The highest BCUT2D eigenvalue weighted by atomic mass is 16.6. The van der Waals surface area contributed by atoms with Crippen LogP contribution >= 0.6 is 0 Å². The number of hydrogen-bond donors (Lipinski definition) is 0. The van der Waals surface area contributed by atoms with E-state index in [2.05, 4.69) is 0 Å². The van der Waals surface area contributed by atoms with E-state index >= 15 is 0 Å². The lowest BCUT2D eigenvalue weighted by Gasteiger charge is -2.29. The molecule has 0 spiro atoms. The Labute approximate surface area is 161 Å². The Morgan fingerprint density at radius 1 is 1.04 bits per heavy atom. The predicted octanol–water partition coefficient (Wildman–Crippen LogP) is 4.27. The minimum atomic E-state index is -0.548. The molecule has 0 bridgehead atoms. The second-order valence-corrected chi connectivity index (χ2v) is 7.90. The summed E-state index contributed by atoms with van der Waals surface area (Å²) >= 11 is 0. The second kappa shape index (κ2) is 8.49. The van der Waals surface area contributed by atoms with Gasteiger partial charge in [-0.05, 0) is 27.2 Å². The molecule has 1 atom stereocenters. The van der Waals surface area contributed by atoms with E-state index in [0.29, 0.717) is 25.6 Å². The van der Waals surface area contributed by atoms with Gasteiger partial charge in [0.2, 0.25) is 0 Å². The minimum Gasteiger partial charge on any atom is -0.458 e. The first-order valence-electron chi connectivity index (χ1n) is 9.41. The van der Waals surface area contributed by atoms with Crippen LogP contribution in [-0.2, 0) is 14.3 Å². The van der Waals surface area contributed by atoms with E-state index in [9.17, 15) is 4.79 Å². The van der Waals surface area contributed by atoms with E-state index in [1.54, 1.807) is 0 Å². The van der Waals surface area contributed by atoms with Crippen molar-refractivity contribution in [3.05, 3.63) is 71.8 Å². The summed E-state index contributed by atoms with van der Waals surface area (Å²) in [6.45, 7) is 7.01. The number of aliphatic imine (C=N–C) groups is 1. The molecule has 27 heavy (non-hydrogen) atoms. The smallest absolute Gasteiger partial charge is 0.331 e. The van der Waals surface area contributed by atoms with Crippen molar-refractivity contribution in [1.82, 2.24) is 0 Å². The van der Waals surface area contributed by atoms with Crippen molar-refractivity contribution < 1.29 is 14.3 Å². The maximum atomic E-state index is 12.9. The number of hydrogen-bond acceptors (Lipinski definition) is 4. The summed E-state index contributed by atoms with van der Waals surface area (Å²) in [4.78, 5) is 17.8. The molecule has 1 heterocycles. The van der Waals surface area contributed by atoms with Crippen LogP contribution in [0.5, 0.6) is 0 Å². The van der Waals surface area contributed by atoms with Gasteiger partial charge in [-0.3, -0.25) is 4.99 Å². The lowest BCUT2D eigenvalue weighted by Crippen LogP contribution is -2.37. The molecule has 0 aliphatic carbocycles. The Hall–Kier alpha value is -2.46. The van der Waals surface area contributed by atoms with Crippen molar-refractivity contribution >= 4 is 11.7 Å². The standard InChI is InChI=1S/C23H27NO3/c1-23(2,3)27-22(25)20(14-17-15-26-16-17)24-21(18-10-6-4-7-11-18)19-12-8-5-9-13-19/h4-13,17,20H,14-16H2,1-3H3. The first kappa shape index (κ1) is 19.3. The zero-order valence-corrected chi connectivity index (χ0v) is 16.2. The van der Waals surface area contributed by atoms with Crippen molar-refractivity contribution in [2.45, 2.75) is 38.8 Å². The first-order valence-corrected chi connectivity index (χ1v) is 9.41. The Kier molecular flexibility index (Phi) is 6.07. The van der Waals surface area contributed by atoms with Crippen LogP contribution in [0.2, 0.25) is 0 Å². The molecule has 0 N–H and O–H groups in total. The fraction of sp³-hybridized carbons (Fsp3) is 0.391. The van der Waals surface area contributed by atoms with Gasteiger partial charge in [0.15, 0.2) is 0 Å². The SMILES string of the molecule is CC(C)(C)OC(=O)C(CC1COC1)N=C(c1ccccc1)c1ccccc1. The highest BCUT2D eigenvalue weighted by Crippen LogP contribution is 2.23. The van der Waals surface area contributed by atoms with Crippen LogP contribution in [-0.4, -0.2) is 36.5 Å². The third kappa shape index (κ3) is 5.51. The van der Waals surface area contributed by atoms with Gasteiger partial charge in [-0.15, -0.1) is 0 Å². The van der Waals surface area contributed by atoms with Gasteiger partial charge in [-0.1, -0.05) is 60.7 Å². The number of carbonyl (C=O) groups excluding carboxylic acids is 1. The summed E-state index contributed by atoms with van der Waals surface area (Å²) in [5.74, 6) is 0.0674. The third-order valence-corrected chi connectivity index (χ3v) is 4.32. The summed E-state index contributed by atoms with van der Waals surface area (Å²) in [6, 6.07) is 19.4. The van der Waals surface area contributed by atoms with E-state index in [0.717, 1.165) is 16.8 Å². The molecule has 4 heteroatoms. The maximum absolute atomic E-state index is 12.9. The average molecular weight is 365 g/mol. The van der Waals surface area contributed by atoms with Crippen molar-refractivity contribution in [2.24, 2.45) is 10.9 Å². The molecule has 4 nitrogen and oxygen atoms in total. The van der Waals surface area contributed by atoms with E-state index in [1.807, 2.05) is 81.4 Å². The number of nitrogens with zero attached hydrogens (tertiary/aromatic N) is 1. The molecule has 1 fully saturated rings. The molecule has 3 rings (SSSR count). The summed E-state index contributed by atoms with van der Waals surface area (Å²) < 4.78 is 10.9. The topological polar surface area (TPSA) is 47.9 Å². The largest absolute Gasteiger partial charge is 0.458 e.